The fraction of sp³-hybridized carbons (Fsp3) is 0.0909. The molecule has 0 aliphatic heterocycles. The minimum absolute atomic E-state index is 0.00969. The average Bonchev–Trinajstić information content (AvgIpc) is 2.33. The molecule has 104 valence electrons. The van der Waals surface area contributed by atoms with E-state index in [-0.39, 0.29) is 22.5 Å². The smallest absolute Gasteiger partial charge is 0.332 e. The van der Waals surface area contributed by atoms with Crippen molar-refractivity contribution < 1.29 is 4.92 Å². The highest BCUT2D eigenvalue weighted by molar-refractivity contribution is 9.10. The van der Waals surface area contributed by atoms with Gasteiger partial charge in [-0.1, -0.05) is 17.7 Å². The van der Waals surface area contributed by atoms with Crippen LogP contribution in [0, 0.1) is 17.0 Å². The Morgan fingerprint density at radius 3 is 2.70 bits per heavy atom. The topological polar surface area (TPSA) is 81.0 Å². The van der Waals surface area contributed by atoms with Gasteiger partial charge in [-0.15, -0.1) is 0 Å². The van der Waals surface area contributed by atoms with Crippen molar-refractivity contribution in [1.29, 1.82) is 0 Å². The highest BCUT2D eigenvalue weighted by Crippen LogP contribution is 2.35. The third-order valence-corrected chi connectivity index (χ3v) is 3.98. The van der Waals surface area contributed by atoms with Gasteiger partial charge in [0.05, 0.1) is 20.1 Å². The number of anilines is 2. The van der Waals surface area contributed by atoms with Crippen molar-refractivity contribution in [1.82, 2.24) is 9.97 Å². The van der Waals surface area contributed by atoms with Gasteiger partial charge in [-0.25, -0.2) is 4.98 Å². The van der Waals surface area contributed by atoms with Gasteiger partial charge in [-0.3, -0.25) is 10.1 Å². The first-order chi connectivity index (χ1) is 9.40. The Balaban J connectivity index is 2.53. The van der Waals surface area contributed by atoms with Crippen molar-refractivity contribution in [3.8, 4) is 0 Å². The van der Waals surface area contributed by atoms with Crippen LogP contribution in [0.3, 0.4) is 0 Å². The molecule has 2 rings (SSSR count). The van der Waals surface area contributed by atoms with Crippen LogP contribution in [0.1, 0.15) is 5.69 Å². The molecule has 1 heterocycles. The fourth-order valence-corrected chi connectivity index (χ4v) is 2.32. The first-order valence-electron chi connectivity index (χ1n) is 5.29. The minimum Gasteiger partial charge on any atom is -0.333 e. The number of aryl methyl sites for hydroxylation is 1. The molecule has 0 atom stereocenters. The molecule has 1 N–H and O–H groups in total. The van der Waals surface area contributed by atoms with E-state index in [1.54, 1.807) is 18.2 Å². The number of nitrogens with zero attached hydrogens (tertiary/aromatic N) is 3. The summed E-state index contributed by atoms with van der Waals surface area (Å²) in [4.78, 5) is 18.2. The SMILES string of the molecule is Cc1nc(Cl)nc(Nc2cccc(Cl)c2Br)c1[N+](=O)[O-]. The summed E-state index contributed by atoms with van der Waals surface area (Å²) < 4.78 is 0.573. The van der Waals surface area contributed by atoms with Crippen LogP contribution < -0.4 is 5.32 Å². The first-order valence-corrected chi connectivity index (χ1v) is 6.84. The lowest BCUT2D eigenvalue weighted by molar-refractivity contribution is -0.385. The predicted octanol–water partition coefficient (Wildman–Crippen LogP) is 4.51. The maximum absolute atomic E-state index is 11.1. The van der Waals surface area contributed by atoms with E-state index >= 15 is 0 Å². The van der Waals surface area contributed by atoms with Crippen LogP contribution in [0.2, 0.25) is 10.3 Å². The zero-order valence-electron chi connectivity index (χ0n) is 10.0. The number of halogens is 3. The molecule has 0 saturated carbocycles. The predicted molar refractivity (Wildman–Crippen MR) is 80.9 cm³/mol. The highest BCUT2D eigenvalue weighted by atomic mass is 79.9. The van der Waals surface area contributed by atoms with Crippen LogP contribution in [-0.4, -0.2) is 14.9 Å². The zero-order chi connectivity index (χ0) is 14.9. The monoisotopic (exact) mass is 376 g/mol. The lowest BCUT2D eigenvalue weighted by Crippen LogP contribution is -2.04. The third kappa shape index (κ3) is 3.00. The molecule has 6 nitrogen and oxygen atoms in total. The number of benzene rings is 1. The maximum Gasteiger partial charge on any atom is 0.332 e. The second-order valence-electron chi connectivity index (χ2n) is 3.76. The summed E-state index contributed by atoms with van der Waals surface area (Å²) in [6, 6.07) is 5.09. The summed E-state index contributed by atoms with van der Waals surface area (Å²) in [5, 5.41) is 14.3. The van der Waals surface area contributed by atoms with Gasteiger partial charge in [0.2, 0.25) is 11.1 Å². The number of hydrogen-bond acceptors (Lipinski definition) is 5. The Hall–Kier alpha value is -1.44. The van der Waals surface area contributed by atoms with Crippen LogP contribution in [0.5, 0.6) is 0 Å². The Morgan fingerprint density at radius 2 is 2.05 bits per heavy atom. The average molecular weight is 378 g/mol. The summed E-state index contributed by atoms with van der Waals surface area (Å²) in [5.74, 6) is 0.00969. The molecule has 0 bridgehead atoms. The molecule has 0 spiro atoms. The van der Waals surface area contributed by atoms with Gasteiger partial charge < -0.3 is 5.32 Å². The van der Waals surface area contributed by atoms with E-state index in [1.807, 2.05) is 0 Å². The quantitative estimate of drug-likeness (QED) is 0.483. The van der Waals surface area contributed by atoms with Gasteiger partial charge in [0, 0.05) is 0 Å². The Kier molecular flexibility index (Phi) is 4.42. The number of hydrogen-bond donors (Lipinski definition) is 1. The highest BCUT2D eigenvalue weighted by Gasteiger charge is 2.22. The second kappa shape index (κ2) is 5.90. The third-order valence-electron chi connectivity index (χ3n) is 2.42. The molecule has 1 aromatic heterocycles. The van der Waals surface area contributed by atoms with Crippen molar-refractivity contribution in [2.24, 2.45) is 0 Å². The molecule has 2 aromatic rings. The molecular formula is C11H7BrCl2N4O2. The summed E-state index contributed by atoms with van der Waals surface area (Å²) in [7, 11) is 0. The summed E-state index contributed by atoms with van der Waals surface area (Å²) >= 11 is 15.0. The number of aromatic nitrogens is 2. The summed E-state index contributed by atoms with van der Waals surface area (Å²) in [6.45, 7) is 1.49. The standard InChI is InChI=1S/C11H7BrCl2N4O2/c1-5-9(18(19)20)10(17-11(14)15-5)16-7-4-2-3-6(13)8(7)12/h2-4H,1H3,(H,15,16,17). The van der Waals surface area contributed by atoms with Gasteiger partial charge in [-0.05, 0) is 46.6 Å². The first kappa shape index (κ1) is 15.0. The van der Waals surface area contributed by atoms with Crippen LogP contribution >= 0.6 is 39.1 Å². The van der Waals surface area contributed by atoms with Crippen molar-refractivity contribution in [2.45, 2.75) is 6.92 Å². The van der Waals surface area contributed by atoms with Crippen molar-refractivity contribution in [2.75, 3.05) is 5.32 Å². The molecule has 0 fully saturated rings. The van der Waals surface area contributed by atoms with E-state index in [2.05, 4.69) is 31.2 Å². The van der Waals surface area contributed by atoms with Crippen LogP contribution in [0.15, 0.2) is 22.7 Å². The summed E-state index contributed by atoms with van der Waals surface area (Å²) in [6.07, 6.45) is 0. The van der Waals surface area contributed by atoms with E-state index < -0.39 is 4.92 Å². The Morgan fingerprint density at radius 1 is 1.35 bits per heavy atom. The lowest BCUT2D eigenvalue weighted by atomic mass is 10.3. The van der Waals surface area contributed by atoms with Crippen LogP contribution in [0.4, 0.5) is 17.2 Å². The molecule has 0 amide bonds. The minimum atomic E-state index is -0.563. The molecule has 0 unspecified atom stereocenters. The summed E-state index contributed by atoms with van der Waals surface area (Å²) in [5.41, 5.74) is 0.478. The Labute approximate surface area is 132 Å². The van der Waals surface area contributed by atoms with E-state index in [0.717, 1.165) is 0 Å². The van der Waals surface area contributed by atoms with Crippen LogP contribution in [-0.2, 0) is 0 Å². The van der Waals surface area contributed by atoms with Crippen molar-refractivity contribution >= 4 is 56.3 Å². The Bertz CT molecular complexity index is 696. The van der Waals surface area contributed by atoms with E-state index in [9.17, 15) is 10.1 Å². The van der Waals surface area contributed by atoms with Gasteiger partial charge in [-0.2, -0.15) is 4.98 Å². The second-order valence-corrected chi connectivity index (χ2v) is 5.30. The molecule has 0 saturated heterocycles. The van der Waals surface area contributed by atoms with Gasteiger partial charge in [0.25, 0.3) is 0 Å². The molecule has 9 heteroatoms. The number of nitrogens with one attached hydrogen (secondary N) is 1. The van der Waals surface area contributed by atoms with Crippen LogP contribution in [0.25, 0.3) is 0 Å². The number of nitro groups is 1. The van der Waals surface area contributed by atoms with Gasteiger partial charge in [0.1, 0.15) is 5.69 Å². The molecule has 1 aromatic carbocycles. The van der Waals surface area contributed by atoms with Crippen molar-refractivity contribution in [3.05, 3.63) is 48.8 Å². The lowest BCUT2D eigenvalue weighted by Gasteiger charge is -2.10. The van der Waals surface area contributed by atoms with E-state index in [1.165, 1.54) is 6.92 Å². The number of rotatable bonds is 3. The van der Waals surface area contributed by atoms with Gasteiger partial charge >= 0.3 is 5.69 Å². The maximum atomic E-state index is 11.1. The molecule has 20 heavy (non-hydrogen) atoms. The van der Waals surface area contributed by atoms with Crippen molar-refractivity contribution in [3.63, 3.8) is 0 Å². The van der Waals surface area contributed by atoms with E-state index in [0.29, 0.717) is 15.2 Å². The fourth-order valence-electron chi connectivity index (χ4n) is 1.57. The molecule has 0 radical (unpaired) electrons. The zero-order valence-corrected chi connectivity index (χ0v) is 13.1. The molecular weight excluding hydrogens is 371 g/mol. The van der Waals surface area contributed by atoms with E-state index in [4.69, 9.17) is 23.2 Å². The normalized spacial score (nSPS) is 10.4. The molecule has 0 aliphatic carbocycles. The largest absolute Gasteiger partial charge is 0.333 e. The molecule has 0 aliphatic rings. The van der Waals surface area contributed by atoms with Gasteiger partial charge in [0.15, 0.2) is 0 Å².